The van der Waals surface area contributed by atoms with Crippen LogP contribution in [0.25, 0.3) is 22.4 Å². The van der Waals surface area contributed by atoms with Crippen LogP contribution in [0, 0.1) is 18.3 Å². The Morgan fingerprint density at radius 1 is 0.968 bits per heavy atom. The number of hydrogen-bond acceptors (Lipinski definition) is 2. The molecule has 0 saturated carbocycles. The van der Waals surface area contributed by atoms with Gasteiger partial charge in [-0.05, 0) is 47.5 Å². The van der Waals surface area contributed by atoms with Gasteiger partial charge in [-0.2, -0.15) is 5.26 Å². The van der Waals surface area contributed by atoms with E-state index in [4.69, 9.17) is 27.9 Å². The molecule has 0 atom stereocenters. The lowest BCUT2D eigenvalue weighted by atomic mass is 9.98. The maximum atomic E-state index is 9.88. The molecule has 152 valence electrons. The molecule has 2 nitrogen and oxygen atoms in total. The number of nitriles is 1. The van der Waals surface area contributed by atoms with Crippen LogP contribution >= 0.6 is 23.2 Å². The van der Waals surface area contributed by atoms with Crippen LogP contribution in [0.4, 0.5) is 0 Å². The lowest BCUT2D eigenvalue weighted by molar-refractivity contribution is 0.306. The summed E-state index contributed by atoms with van der Waals surface area (Å²) in [4.78, 5) is 0. The average Bonchev–Trinajstić information content (AvgIpc) is 2.78. The summed E-state index contributed by atoms with van der Waals surface area (Å²) in [5.41, 5.74) is 4.20. The molecule has 0 heterocycles. The van der Waals surface area contributed by atoms with E-state index in [1.165, 1.54) is 5.56 Å². The Hall–Kier alpha value is -3.25. The minimum Gasteiger partial charge on any atom is -0.488 e. The maximum absolute atomic E-state index is 9.88. The molecular formula is C27H19Cl2NO. The first kappa shape index (κ1) is 21.0. The summed E-state index contributed by atoms with van der Waals surface area (Å²) in [6, 6.07) is 27.7. The monoisotopic (exact) mass is 443 g/mol. The number of halogens is 2. The average molecular weight is 444 g/mol. The van der Waals surface area contributed by atoms with Crippen molar-refractivity contribution < 1.29 is 4.74 Å². The van der Waals surface area contributed by atoms with Gasteiger partial charge in [0.05, 0.1) is 16.7 Å². The van der Waals surface area contributed by atoms with Gasteiger partial charge in [-0.1, -0.05) is 89.4 Å². The Kier molecular flexibility index (Phi) is 6.28. The number of hydrogen-bond donors (Lipinski definition) is 0. The molecule has 0 aliphatic carbocycles. The molecule has 4 rings (SSSR count). The number of ether oxygens (including phenoxy) is 1. The first-order chi connectivity index (χ1) is 15.0. The van der Waals surface area contributed by atoms with Gasteiger partial charge in [0.15, 0.2) is 0 Å². The van der Waals surface area contributed by atoms with E-state index in [9.17, 15) is 5.26 Å². The molecule has 0 saturated heterocycles. The molecule has 0 aliphatic heterocycles. The van der Waals surface area contributed by atoms with Crippen molar-refractivity contribution in [2.45, 2.75) is 13.5 Å². The summed E-state index contributed by atoms with van der Waals surface area (Å²) in [6.45, 7) is 2.49. The Labute approximate surface area is 191 Å². The van der Waals surface area contributed by atoms with Gasteiger partial charge in [-0.25, -0.2) is 0 Å². The van der Waals surface area contributed by atoms with Gasteiger partial charge < -0.3 is 4.74 Å². The predicted octanol–water partition coefficient (Wildman–Crippen LogP) is 8.10. The third-order valence-electron chi connectivity index (χ3n) is 5.08. The van der Waals surface area contributed by atoms with Crippen molar-refractivity contribution in [3.05, 3.63) is 111 Å². The molecule has 0 spiro atoms. The van der Waals surface area contributed by atoms with E-state index < -0.39 is 0 Å². The zero-order valence-corrected chi connectivity index (χ0v) is 18.4. The second kappa shape index (κ2) is 9.27. The minimum atomic E-state index is 0.433. The number of rotatable bonds is 5. The Bertz CT molecular complexity index is 1320. The van der Waals surface area contributed by atoms with Gasteiger partial charge in [0.1, 0.15) is 12.4 Å². The van der Waals surface area contributed by atoms with Gasteiger partial charge in [0, 0.05) is 16.1 Å². The largest absolute Gasteiger partial charge is 0.488 e. The van der Waals surface area contributed by atoms with Gasteiger partial charge in [0.25, 0.3) is 0 Å². The van der Waals surface area contributed by atoms with Crippen molar-refractivity contribution >= 4 is 45.6 Å². The molecule has 0 aliphatic rings. The molecular weight excluding hydrogens is 425 g/mol. The van der Waals surface area contributed by atoms with Gasteiger partial charge in [-0.3, -0.25) is 0 Å². The lowest BCUT2D eigenvalue weighted by Gasteiger charge is -2.13. The molecule has 0 bridgehead atoms. The molecule has 31 heavy (non-hydrogen) atoms. The summed E-state index contributed by atoms with van der Waals surface area (Å²) in [6.07, 6.45) is 1.84. The fourth-order valence-electron chi connectivity index (χ4n) is 3.42. The van der Waals surface area contributed by atoms with Crippen LogP contribution in [-0.4, -0.2) is 0 Å². The van der Waals surface area contributed by atoms with Crippen molar-refractivity contribution in [1.29, 1.82) is 5.26 Å². The van der Waals surface area contributed by atoms with Crippen LogP contribution in [0.15, 0.2) is 78.9 Å². The molecule has 4 heteroatoms. The van der Waals surface area contributed by atoms with Crippen LogP contribution in [0.5, 0.6) is 5.75 Å². The molecule has 0 radical (unpaired) electrons. The number of nitrogens with zero attached hydrogens (tertiary/aromatic N) is 1. The molecule has 0 N–H and O–H groups in total. The standard InChI is InChI=1S/C27H19Cl2NO/c1-18-6-8-19(9-7-18)17-31-27-13-10-20-4-2-3-5-23(20)25(27)14-21(16-30)24-12-11-22(28)15-26(24)29/h2-15H,17H2,1H3/b21-14+. The highest BCUT2D eigenvalue weighted by Crippen LogP contribution is 2.34. The zero-order chi connectivity index (χ0) is 21.8. The predicted molar refractivity (Wildman–Crippen MR) is 129 cm³/mol. The molecule has 0 aromatic heterocycles. The van der Waals surface area contributed by atoms with Gasteiger partial charge in [0.2, 0.25) is 0 Å². The van der Waals surface area contributed by atoms with Gasteiger partial charge >= 0.3 is 0 Å². The van der Waals surface area contributed by atoms with Gasteiger partial charge in [-0.15, -0.1) is 0 Å². The second-order valence-electron chi connectivity index (χ2n) is 7.27. The maximum Gasteiger partial charge on any atom is 0.127 e. The quantitative estimate of drug-likeness (QED) is 0.230. The summed E-state index contributed by atoms with van der Waals surface area (Å²) >= 11 is 12.4. The Balaban J connectivity index is 1.80. The van der Waals surface area contributed by atoms with Crippen molar-refractivity contribution in [2.24, 2.45) is 0 Å². The lowest BCUT2D eigenvalue weighted by Crippen LogP contribution is -1.98. The summed E-state index contributed by atoms with van der Waals surface area (Å²) < 4.78 is 6.19. The highest BCUT2D eigenvalue weighted by molar-refractivity contribution is 6.36. The first-order valence-electron chi connectivity index (χ1n) is 9.82. The molecule has 4 aromatic carbocycles. The van der Waals surface area contributed by atoms with E-state index in [1.54, 1.807) is 18.2 Å². The topological polar surface area (TPSA) is 33.0 Å². The number of benzene rings is 4. The first-order valence-corrected chi connectivity index (χ1v) is 10.6. The van der Waals surface area contributed by atoms with Crippen molar-refractivity contribution in [3.63, 3.8) is 0 Å². The van der Waals surface area contributed by atoms with Crippen LogP contribution < -0.4 is 4.74 Å². The fourth-order valence-corrected chi connectivity index (χ4v) is 3.93. The highest BCUT2D eigenvalue weighted by atomic mass is 35.5. The van der Waals surface area contributed by atoms with E-state index >= 15 is 0 Å². The third-order valence-corrected chi connectivity index (χ3v) is 5.62. The van der Waals surface area contributed by atoms with Crippen molar-refractivity contribution in [2.75, 3.05) is 0 Å². The number of allylic oxidation sites excluding steroid dienone is 1. The smallest absolute Gasteiger partial charge is 0.127 e. The minimum absolute atomic E-state index is 0.433. The Morgan fingerprint density at radius 3 is 2.48 bits per heavy atom. The van der Waals surface area contributed by atoms with E-state index in [0.29, 0.717) is 33.5 Å². The summed E-state index contributed by atoms with van der Waals surface area (Å²) in [5.74, 6) is 0.706. The summed E-state index contributed by atoms with van der Waals surface area (Å²) in [7, 11) is 0. The second-order valence-corrected chi connectivity index (χ2v) is 8.11. The van der Waals surface area contributed by atoms with Crippen LogP contribution in [0.2, 0.25) is 10.0 Å². The molecule has 0 unspecified atom stereocenters. The summed E-state index contributed by atoms with van der Waals surface area (Å²) in [5, 5.41) is 12.9. The SMILES string of the molecule is Cc1ccc(COc2ccc3ccccc3c2/C=C(\C#N)c2ccc(Cl)cc2Cl)cc1. The van der Waals surface area contributed by atoms with E-state index in [1.807, 2.05) is 42.5 Å². The normalized spacial score (nSPS) is 11.4. The highest BCUT2D eigenvalue weighted by Gasteiger charge is 2.12. The van der Waals surface area contributed by atoms with Crippen molar-refractivity contribution in [1.82, 2.24) is 0 Å². The van der Waals surface area contributed by atoms with E-state index in [-0.39, 0.29) is 0 Å². The molecule has 0 amide bonds. The third kappa shape index (κ3) is 4.75. The van der Waals surface area contributed by atoms with E-state index in [2.05, 4.69) is 37.3 Å². The molecule has 4 aromatic rings. The number of aryl methyl sites for hydroxylation is 1. The van der Waals surface area contributed by atoms with Crippen LogP contribution in [-0.2, 0) is 6.61 Å². The zero-order valence-electron chi connectivity index (χ0n) is 16.9. The Morgan fingerprint density at radius 2 is 1.74 bits per heavy atom. The van der Waals surface area contributed by atoms with Crippen LogP contribution in [0.1, 0.15) is 22.3 Å². The fraction of sp³-hybridized carbons (Fsp3) is 0.0741. The van der Waals surface area contributed by atoms with Crippen molar-refractivity contribution in [3.8, 4) is 11.8 Å². The van der Waals surface area contributed by atoms with E-state index in [0.717, 1.165) is 21.9 Å². The number of fused-ring (bicyclic) bond motifs is 1. The van der Waals surface area contributed by atoms with Crippen LogP contribution in [0.3, 0.4) is 0 Å². The molecule has 0 fully saturated rings.